The summed E-state index contributed by atoms with van der Waals surface area (Å²) in [4.78, 5) is 6.91. The van der Waals surface area contributed by atoms with E-state index in [1.807, 2.05) is 0 Å². The molecule has 0 aliphatic carbocycles. The van der Waals surface area contributed by atoms with Crippen LogP contribution in [0, 0.1) is 0 Å². The lowest BCUT2D eigenvalue weighted by molar-refractivity contribution is -0.141. The Balaban J connectivity index is 2.10. The van der Waals surface area contributed by atoms with Gasteiger partial charge in [-0.2, -0.15) is 13.2 Å². The summed E-state index contributed by atoms with van der Waals surface area (Å²) < 4.78 is 37.4. The van der Waals surface area contributed by atoms with Gasteiger partial charge < -0.3 is 5.32 Å². The number of halogens is 4. The molecular weight excluding hydrogens is 279 g/mol. The van der Waals surface area contributed by atoms with Gasteiger partial charge >= 0.3 is 6.18 Å². The minimum Gasteiger partial charge on any atom is -0.366 e. The lowest BCUT2D eigenvalue weighted by Crippen LogP contribution is -2.10. The van der Waals surface area contributed by atoms with Crippen LogP contribution in [-0.2, 0) is 12.7 Å². The first kappa shape index (κ1) is 13.6. The number of rotatable bonds is 3. The maximum absolute atomic E-state index is 12.5. The maximum Gasteiger partial charge on any atom is 0.433 e. The van der Waals surface area contributed by atoms with Crippen LogP contribution in [0.15, 0.2) is 36.7 Å². The fraction of sp³-hybridized carbons (Fsp3) is 0.167. The van der Waals surface area contributed by atoms with Crippen LogP contribution in [-0.4, -0.2) is 9.97 Å². The average Bonchev–Trinajstić information content (AvgIpc) is 2.37. The van der Waals surface area contributed by atoms with Crippen molar-refractivity contribution < 1.29 is 13.2 Å². The standard InChI is InChI=1S/C12H9ClF3N3/c13-9-4-2-1-3-8(9)6-17-11-5-10(12(14,15)16)18-7-19-11/h1-5,7H,6H2,(H,17,18,19). The molecule has 100 valence electrons. The molecule has 0 saturated carbocycles. The van der Waals surface area contributed by atoms with Gasteiger partial charge in [-0.25, -0.2) is 9.97 Å². The molecule has 0 amide bonds. The Bertz CT molecular complexity index is 572. The Morgan fingerprint density at radius 2 is 1.89 bits per heavy atom. The maximum atomic E-state index is 12.5. The van der Waals surface area contributed by atoms with E-state index in [4.69, 9.17) is 11.6 Å². The smallest absolute Gasteiger partial charge is 0.366 e. The summed E-state index contributed by atoms with van der Waals surface area (Å²) in [6, 6.07) is 7.92. The van der Waals surface area contributed by atoms with Crippen LogP contribution in [0.4, 0.5) is 19.0 Å². The molecule has 0 saturated heterocycles. The minimum absolute atomic E-state index is 0.0993. The van der Waals surface area contributed by atoms with Crippen molar-refractivity contribution in [2.45, 2.75) is 12.7 Å². The van der Waals surface area contributed by atoms with Gasteiger partial charge in [-0.3, -0.25) is 0 Å². The first-order valence-corrected chi connectivity index (χ1v) is 5.71. The Kier molecular flexibility index (Phi) is 3.90. The van der Waals surface area contributed by atoms with E-state index in [1.54, 1.807) is 24.3 Å². The second-order valence-electron chi connectivity index (χ2n) is 3.73. The second-order valence-corrected chi connectivity index (χ2v) is 4.14. The Labute approximate surface area is 112 Å². The van der Waals surface area contributed by atoms with E-state index in [0.29, 0.717) is 5.02 Å². The molecule has 1 aromatic heterocycles. The quantitative estimate of drug-likeness (QED) is 0.934. The van der Waals surface area contributed by atoms with Gasteiger partial charge in [-0.05, 0) is 11.6 Å². The zero-order chi connectivity index (χ0) is 13.9. The number of nitrogens with one attached hydrogen (secondary N) is 1. The van der Waals surface area contributed by atoms with Gasteiger partial charge in [0.05, 0.1) is 0 Å². The summed E-state index contributed by atoms with van der Waals surface area (Å²) in [6.45, 7) is 0.286. The van der Waals surface area contributed by atoms with Gasteiger partial charge in [-0.15, -0.1) is 0 Å². The second kappa shape index (κ2) is 5.44. The fourth-order valence-corrected chi connectivity index (χ4v) is 1.64. The van der Waals surface area contributed by atoms with E-state index in [2.05, 4.69) is 15.3 Å². The van der Waals surface area contributed by atoms with E-state index in [-0.39, 0.29) is 12.4 Å². The molecule has 0 radical (unpaired) electrons. The lowest BCUT2D eigenvalue weighted by atomic mass is 10.2. The normalized spacial score (nSPS) is 11.4. The number of anilines is 1. The molecule has 0 atom stereocenters. The molecule has 7 heteroatoms. The third kappa shape index (κ3) is 3.57. The first-order chi connectivity index (χ1) is 8.97. The summed E-state index contributed by atoms with van der Waals surface area (Å²) >= 11 is 5.94. The highest BCUT2D eigenvalue weighted by Crippen LogP contribution is 2.28. The van der Waals surface area contributed by atoms with Gasteiger partial charge in [0.2, 0.25) is 0 Å². The molecule has 2 rings (SSSR count). The van der Waals surface area contributed by atoms with Gasteiger partial charge in [0.25, 0.3) is 0 Å². The number of benzene rings is 1. The van der Waals surface area contributed by atoms with E-state index in [1.165, 1.54) is 0 Å². The molecular formula is C12H9ClF3N3. The molecule has 1 N–H and O–H groups in total. The monoisotopic (exact) mass is 287 g/mol. The molecule has 0 aliphatic heterocycles. The third-order valence-electron chi connectivity index (χ3n) is 2.38. The van der Waals surface area contributed by atoms with Crippen LogP contribution in [0.25, 0.3) is 0 Å². The van der Waals surface area contributed by atoms with E-state index >= 15 is 0 Å². The highest BCUT2D eigenvalue weighted by Gasteiger charge is 2.32. The number of alkyl halides is 3. The Hall–Kier alpha value is -1.82. The van der Waals surface area contributed by atoms with Crippen LogP contribution in [0.3, 0.4) is 0 Å². The van der Waals surface area contributed by atoms with Crippen molar-refractivity contribution in [3.05, 3.63) is 52.9 Å². The molecule has 0 bridgehead atoms. The highest BCUT2D eigenvalue weighted by molar-refractivity contribution is 6.31. The molecule has 2 aromatic rings. The molecule has 0 unspecified atom stereocenters. The summed E-state index contributed by atoms with van der Waals surface area (Å²) in [5, 5.41) is 3.32. The van der Waals surface area contributed by atoms with E-state index < -0.39 is 11.9 Å². The van der Waals surface area contributed by atoms with Crippen molar-refractivity contribution in [1.29, 1.82) is 0 Å². The summed E-state index contributed by atoms with van der Waals surface area (Å²) in [6.07, 6.45) is -3.61. The Morgan fingerprint density at radius 1 is 1.16 bits per heavy atom. The average molecular weight is 288 g/mol. The molecule has 19 heavy (non-hydrogen) atoms. The SMILES string of the molecule is FC(F)(F)c1cc(NCc2ccccc2Cl)ncn1. The van der Waals surface area contributed by atoms with Crippen molar-refractivity contribution >= 4 is 17.4 Å². The van der Waals surface area contributed by atoms with Crippen molar-refractivity contribution in [2.24, 2.45) is 0 Å². The topological polar surface area (TPSA) is 37.8 Å². The summed E-state index contributed by atoms with van der Waals surface area (Å²) in [5.41, 5.74) is -0.208. The van der Waals surface area contributed by atoms with Crippen molar-refractivity contribution in [2.75, 3.05) is 5.32 Å². The van der Waals surface area contributed by atoms with E-state index in [9.17, 15) is 13.2 Å². The first-order valence-electron chi connectivity index (χ1n) is 5.33. The molecule has 3 nitrogen and oxygen atoms in total. The van der Waals surface area contributed by atoms with Gasteiger partial charge in [-0.1, -0.05) is 29.8 Å². The largest absolute Gasteiger partial charge is 0.433 e. The molecule has 0 fully saturated rings. The van der Waals surface area contributed by atoms with E-state index in [0.717, 1.165) is 18.0 Å². The highest BCUT2D eigenvalue weighted by atomic mass is 35.5. The van der Waals surface area contributed by atoms with Crippen LogP contribution in [0.5, 0.6) is 0 Å². The van der Waals surface area contributed by atoms with Gasteiger partial charge in [0, 0.05) is 17.6 Å². The van der Waals surface area contributed by atoms with Crippen LogP contribution in [0.2, 0.25) is 5.02 Å². The third-order valence-corrected chi connectivity index (χ3v) is 2.74. The molecule has 0 aliphatic rings. The Morgan fingerprint density at radius 3 is 2.58 bits per heavy atom. The number of aromatic nitrogens is 2. The van der Waals surface area contributed by atoms with Crippen molar-refractivity contribution in [1.82, 2.24) is 9.97 Å². The van der Waals surface area contributed by atoms with Crippen molar-refractivity contribution in [3.63, 3.8) is 0 Å². The molecule has 0 spiro atoms. The van der Waals surface area contributed by atoms with Crippen LogP contribution < -0.4 is 5.32 Å². The lowest BCUT2D eigenvalue weighted by Gasteiger charge is -2.09. The molecule has 1 aromatic carbocycles. The zero-order valence-electron chi connectivity index (χ0n) is 9.58. The number of hydrogen-bond acceptors (Lipinski definition) is 3. The van der Waals surface area contributed by atoms with Crippen LogP contribution in [0.1, 0.15) is 11.3 Å². The molecule has 1 heterocycles. The predicted octanol–water partition coefficient (Wildman–Crippen LogP) is 3.76. The number of hydrogen-bond donors (Lipinski definition) is 1. The zero-order valence-corrected chi connectivity index (χ0v) is 10.3. The van der Waals surface area contributed by atoms with Gasteiger partial charge in [0.1, 0.15) is 17.8 Å². The summed E-state index contributed by atoms with van der Waals surface area (Å²) in [7, 11) is 0. The fourth-order valence-electron chi connectivity index (χ4n) is 1.44. The summed E-state index contributed by atoms with van der Waals surface area (Å²) in [5.74, 6) is 0.0993. The predicted molar refractivity (Wildman–Crippen MR) is 65.8 cm³/mol. The van der Waals surface area contributed by atoms with Crippen molar-refractivity contribution in [3.8, 4) is 0 Å². The minimum atomic E-state index is -4.48. The van der Waals surface area contributed by atoms with Crippen LogP contribution >= 0.6 is 11.6 Å². The number of nitrogens with zero attached hydrogens (tertiary/aromatic N) is 2. The van der Waals surface area contributed by atoms with Gasteiger partial charge in [0.15, 0.2) is 0 Å².